The average molecular weight is 367 g/mol. The van der Waals surface area contributed by atoms with Crippen LogP contribution in [0.3, 0.4) is 0 Å². The van der Waals surface area contributed by atoms with Gasteiger partial charge in [-0.25, -0.2) is 9.59 Å². The molecule has 1 aliphatic heterocycles. The molecule has 1 unspecified atom stereocenters. The van der Waals surface area contributed by atoms with E-state index in [1.807, 2.05) is 60.7 Å². The van der Waals surface area contributed by atoms with Crippen LogP contribution in [0, 0.1) is 0 Å². The Morgan fingerprint density at radius 3 is 2.07 bits per heavy atom. The predicted molar refractivity (Wildman–Crippen MR) is 98.1 cm³/mol. The molecule has 2 aromatic carbocycles. The van der Waals surface area contributed by atoms with Crippen LogP contribution in [0.5, 0.6) is 0 Å². The molecule has 3 rings (SSSR count). The van der Waals surface area contributed by atoms with E-state index in [1.165, 1.54) is 19.3 Å². The van der Waals surface area contributed by atoms with Gasteiger partial charge in [0.2, 0.25) is 0 Å². The van der Waals surface area contributed by atoms with E-state index >= 15 is 0 Å². The zero-order valence-corrected chi connectivity index (χ0v) is 15.3. The highest BCUT2D eigenvalue weighted by molar-refractivity contribution is 5.98. The van der Waals surface area contributed by atoms with E-state index in [1.54, 1.807) is 0 Å². The Labute approximate surface area is 157 Å². The van der Waals surface area contributed by atoms with E-state index < -0.39 is 18.0 Å². The van der Waals surface area contributed by atoms with Gasteiger partial charge in [-0.2, -0.15) is 0 Å². The van der Waals surface area contributed by atoms with E-state index in [4.69, 9.17) is 14.3 Å². The molecule has 6 heteroatoms. The number of nitrogens with zero attached hydrogens (tertiary/aromatic N) is 1. The van der Waals surface area contributed by atoms with Crippen molar-refractivity contribution in [3.05, 3.63) is 83.1 Å². The number of hydrogen-bond acceptors (Lipinski definition) is 6. The predicted octanol–water partition coefficient (Wildman–Crippen LogP) is 2.65. The topological polar surface area (TPSA) is 65.1 Å². The van der Waals surface area contributed by atoms with Crippen molar-refractivity contribution < 1.29 is 23.9 Å². The molecular weight excluding hydrogens is 346 g/mol. The van der Waals surface area contributed by atoms with Gasteiger partial charge in [0.1, 0.15) is 11.3 Å². The van der Waals surface area contributed by atoms with Crippen LogP contribution in [0.15, 0.2) is 72.0 Å². The molecule has 0 fully saturated rings. The molecule has 27 heavy (non-hydrogen) atoms. The molecule has 140 valence electrons. The Bertz CT molecular complexity index is 832. The maximum Gasteiger partial charge on any atom is 0.339 e. The Morgan fingerprint density at radius 2 is 1.52 bits per heavy atom. The van der Waals surface area contributed by atoms with Crippen molar-refractivity contribution in [2.75, 3.05) is 14.2 Å². The molecule has 0 saturated heterocycles. The third-order valence-electron chi connectivity index (χ3n) is 4.31. The number of benzene rings is 2. The lowest BCUT2D eigenvalue weighted by Gasteiger charge is -2.22. The van der Waals surface area contributed by atoms with Crippen molar-refractivity contribution in [3.63, 3.8) is 0 Å². The van der Waals surface area contributed by atoms with E-state index in [2.05, 4.69) is 0 Å². The molecule has 0 aromatic heterocycles. The van der Waals surface area contributed by atoms with Crippen LogP contribution in [-0.4, -0.2) is 37.3 Å². The Balaban J connectivity index is 1.96. The third kappa shape index (κ3) is 4.17. The first kappa shape index (κ1) is 18.7. The molecule has 0 radical (unpaired) electrons. The molecule has 0 spiro atoms. The first-order chi connectivity index (χ1) is 13.1. The van der Waals surface area contributed by atoms with E-state index in [-0.39, 0.29) is 5.57 Å². The van der Waals surface area contributed by atoms with Crippen LogP contribution in [-0.2, 0) is 36.9 Å². The second-order valence-electron chi connectivity index (χ2n) is 6.07. The van der Waals surface area contributed by atoms with Gasteiger partial charge in [-0.05, 0) is 11.1 Å². The highest BCUT2D eigenvalue weighted by atomic mass is 16.7. The minimum atomic E-state index is -0.985. The maximum absolute atomic E-state index is 12.5. The van der Waals surface area contributed by atoms with E-state index in [0.717, 1.165) is 11.1 Å². The summed E-state index contributed by atoms with van der Waals surface area (Å²) in [4.78, 5) is 30.9. The lowest BCUT2D eigenvalue weighted by molar-refractivity contribution is -0.169. The molecule has 1 aliphatic rings. The first-order valence-corrected chi connectivity index (χ1v) is 8.55. The van der Waals surface area contributed by atoms with Gasteiger partial charge >= 0.3 is 11.9 Å². The van der Waals surface area contributed by atoms with Gasteiger partial charge in [0.25, 0.3) is 0 Å². The summed E-state index contributed by atoms with van der Waals surface area (Å²) >= 11 is 0. The monoisotopic (exact) mass is 367 g/mol. The van der Waals surface area contributed by atoms with Crippen molar-refractivity contribution in [1.82, 2.24) is 5.06 Å². The Morgan fingerprint density at radius 1 is 0.926 bits per heavy atom. The van der Waals surface area contributed by atoms with Crippen molar-refractivity contribution in [2.45, 2.75) is 19.0 Å². The van der Waals surface area contributed by atoms with Crippen LogP contribution in [0.2, 0.25) is 0 Å². The summed E-state index contributed by atoms with van der Waals surface area (Å²) in [5, 5.41) is 1.46. The lowest BCUT2D eigenvalue weighted by atomic mass is 10.0. The molecule has 0 saturated carbocycles. The average Bonchev–Trinajstić information content (AvgIpc) is 3.05. The number of hydroxylamine groups is 2. The molecule has 1 heterocycles. The summed E-state index contributed by atoms with van der Waals surface area (Å²) in [6.07, 6.45) is 0.365. The standard InChI is InChI=1S/C21H21NO5/c1-25-20(23)18-17(13-15-9-5-3-6-10-15)27-22(19(18)21(24)26-2)14-16-11-7-4-8-12-16/h3-12,19H,13-14H2,1-2H3. The van der Waals surface area contributed by atoms with Gasteiger partial charge in [-0.15, -0.1) is 5.06 Å². The summed E-state index contributed by atoms with van der Waals surface area (Å²) in [5.41, 5.74) is 2.07. The second kappa shape index (κ2) is 8.51. The number of carbonyl (C=O) groups is 2. The molecule has 0 bridgehead atoms. The second-order valence-corrected chi connectivity index (χ2v) is 6.07. The summed E-state index contributed by atoms with van der Waals surface area (Å²) < 4.78 is 9.84. The number of esters is 2. The molecule has 0 N–H and O–H groups in total. The van der Waals surface area contributed by atoms with E-state index in [0.29, 0.717) is 18.7 Å². The molecule has 0 aliphatic carbocycles. The van der Waals surface area contributed by atoms with Crippen LogP contribution in [0.25, 0.3) is 0 Å². The highest BCUT2D eigenvalue weighted by Gasteiger charge is 2.45. The first-order valence-electron chi connectivity index (χ1n) is 8.55. The summed E-state index contributed by atoms with van der Waals surface area (Å²) in [5.74, 6) is -0.791. The van der Waals surface area contributed by atoms with E-state index in [9.17, 15) is 9.59 Å². The number of hydrogen-bond donors (Lipinski definition) is 0. The van der Waals surface area contributed by atoms with Gasteiger partial charge in [0, 0.05) is 6.42 Å². The highest BCUT2D eigenvalue weighted by Crippen LogP contribution is 2.31. The largest absolute Gasteiger partial charge is 0.467 e. The summed E-state index contributed by atoms with van der Waals surface area (Å²) in [7, 11) is 2.57. The van der Waals surface area contributed by atoms with Gasteiger partial charge in [0.15, 0.2) is 6.04 Å². The fraction of sp³-hybridized carbons (Fsp3) is 0.238. The minimum absolute atomic E-state index is 0.170. The Kier molecular flexibility index (Phi) is 5.88. The van der Waals surface area contributed by atoms with Crippen molar-refractivity contribution >= 4 is 11.9 Å². The minimum Gasteiger partial charge on any atom is -0.467 e. The number of allylic oxidation sites excluding steroid dienone is 1. The third-order valence-corrected chi connectivity index (χ3v) is 4.31. The molecule has 6 nitrogen and oxygen atoms in total. The molecule has 2 aromatic rings. The molecular formula is C21H21NO5. The number of rotatable bonds is 6. The molecule has 0 amide bonds. The maximum atomic E-state index is 12.5. The smallest absolute Gasteiger partial charge is 0.339 e. The van der Waals surface area contributed by atoms with Crippen LogP contribution >= 0.6 is 0 Å². The fourth-order valence-electron chi connectivity index (χ4n) is 3.02. The fourth-order valence-corrected chi connectivity index (χ4v) is 3.02. The normalized spacial score (nSPS) is 16.7. The Hall–Kier alpha value is -3.12. The summed E-state index contributed by atoms with van der Waals surface area (Å²) in [6, 6.07) is 18.1. The van der Waals surface area contributed by atoms with Gasteiger partial charge in [-0.3, -0.25) is 0 Å². The quantitative estimate of drug-likeness (QED) is 0.732. The lowest BCUT2D eigenvalue weighted by Crippen LogP contribution is -2.40. The molecule has 1 atom stereocenters. The van der Waals surface area contributed by atoms with Crippen LogP contribution < -0.4 is 0 Å². The number of methoxy groups -OCH3 is 2. The van der Waals surface area contributed by atoms with Crippen molar-refractivity contribution in [1.29, 1.82) is 0 Å². The zero-order valence-electron chi connectivity index (χ0n) is 15.3. The van der Waals surface area contributed by atoms with Gasteiger partial charge in [0.05, 0.1) is 20.8 Å². The number of ether oxygens (including phenoxy) is 2. The van der Waals surface area contributed by atoms with Gasteiger partial charge < -0.3 is 14.3 Å². The van der Waals surface area contributed by atoms with Gasteiger partial charge in [-0.1, -0.05) is 60.7 Å². The number of carbonyl (C=O) groups excluding carboxylic acids is 2. The summed E-state index contributed by atoms with van der Waals surface area (Å²) in [6.45, 7) is 0.319. The van der Waals surface area contributed by atoms with Crippen LogP contribution in [0.1, 0.15) is 11.1 Å². The SMILES string of the molecule is COC(=O)C1=C(Cc2ccccc2)ON(Cc2ccccc2)C1C(=O)OC. The van der Waals surface area contributed by atoms with Crippen LogP contribution in [0.4, 0.5) is 0 Å². The van der Waals surface area contributed by atoms with Crippen molar-refractivity contribution in [3.8, 4) is 0 Å². The van der Waals surface area contributed by atoms with Crippen molar-refractivity contribution in [2.24, 2.45) is 0 Å². The zero-order chi connectivity index (χ0) is 19.2.